The smallest absolute Gasteiger partial charge is 0 e. The molecule has 0 aliphatic heterocycles. The van der Waals surface area contributed by atoms with E-state index in [2.05, 4.69) is 277 Å². The lowest BCUT2D eigenvalue weighted by molar-refractivity contribution is -0.911. The molecule has 0 spiro atoms. The largest absolute Gasteiger partial charge is 0.219 e. The predicted octanol–water partition coefficient (Wildman–Crippen LogP) is -3.74. The van der Waals surface area contributed by atoms with Crippen molar-refractivity contribution in [2.75, 3.05) is 0 Å². The van der Waals surface area contributed by atoms with Crippen molar-refractivity contribution >= 4 is 0 Å². The standard InChI is InChI=1S/H2O57/c1-3-5-7-9-11-13-15-17-19-21-23-25-27-29-31-33-35-37-39-41-43-45-47-49-51-53-55-57-56-54-52-50-48-46-44-42-40-38-36-34-32-30-28-26-24-22-20-18-16-14-12-10-8-6-4-2/h1-2H. The molecular weight excluding hydrogens is 912 g/mol. The molecule has 0 aromatic heterocycles. The van der Waals surface area contributed by atoms with Gasteiger partial charge in [0.1, 0.15) is 0 Å². The van der Waals surface area contributed by atoms with E-state index < -0.39 is 0 Å². The van der Waals surface area contributed by atoms with Crippen LogP contribution in [0.1, 0.15) is 0 Å². The summed E-state index contributed by atoms with van der Waals surface area (Å²) in [5.41, 5.74) is 0. The van der Waals surface area contributed by atoms with E-state index in [0.717, 1.165) is 0 Å². The van der Waals surface area contributed by atoms with Crippen LogP contribution in [0.15, 0.2) is 0 Å². The van der Waals surface area contributed by atoms with Gasteiger partial charge in [0.2, 0.25) is 0 Å². The Hall–Kier alpha value is -2.28. The van der Waals surface area contributed by atoms with Crippen molar-refractivity contribution in [3.63, 3.8) is 0 Å². The van der Waals surface area contributed by atoms with Crippen molar-refractivity contribution in [3.8, 4) is 0 Å². The Morgan fingerprint density at radius 3 is 0.193 bits per heavy atom. The van der Waals surface area contributed by atoms with Crippen molar-refractivity contribution in [3.05, 3.63) is 0 Å². The van der Waals surface area contributed by atoms with E-state index in [4.69, 9.17) is 10.5 Å². The molecule has 0 aromatic rings. The molecular formula is H2O57. The Bertz CT molecular complexity index is 582. The van der Waals surface area contributed by atoms with Crippen LogP contribution in [0.4, 0.5) is 0 Å². The van der Waals surface area contributed by atoms with E-state index in [1.807, 2.05) is 0 Å². The molecule has 0 radical (unpaired) electrons. The third-order valence-corrected chi connectivity index (χ3v) is 1.51. The van der Waals surface area contributed by atoms with Crippen molar-refractivity contribution in [1.29, 1.82) is 0 Å². The van der Waals surface area contributed by atoms with Gasteiger partial charge in [-0.05, 0) is 80.6 Å². The van der Waals surface area contributed by atoms with Crippen molar-refractivity contribution < 1.29 is 288 Å². The fourth-order valence-electron chi connectivity index (χ4n) is 0.603. The zero-order valence-corrected chi connectivity index (χ0v) is 23.3. The number of rotatable bonds is 54. The molecule has 0 bridgehead atoms. The molecule has 57 heavy (non-hydrogen) atoms. The average molecular weight is 914 g/mol. The van der Waals surface area contributed by atoms with Gasteiger partial charge in [-0.2, -0.15) is 0 Å². The topological polar surface area (TPSA) is 548 Å². The third kappa shape index (κ3) is 53.7. The van der Waals surface area contributed by atoms with Crippen LogP contribution in [-0.2, 0) is 277 Å². The first-order valence-electron chi connectivity index (χ1n) is 9.37. The molecule has 0 aromatic carbocycles. The van der Waals surface area contributed by atoms with Gasteiger partial charge < -0.3 is 0 Å². The third-order valence-electron chi connectivity index (χ3n) is 1.51. The maximum Gasteiger partial charge on any atom is 0 e. The molecule has 0 aliphatic rings. The normalized spacial score (nSPS) is 11.7. The highest BCUT2D eigenvalue weighted by molar-refractivity contribution is 3.13. The monoisotopic (exact) mass is 914 g/mol. The van der Waals surface area contributed by atoms with Crippen LogP contribution >= 0.6 is 0 Å². The molecule has 0 saturated carbocycles. The zero-order chi connectivity index (χ0) is 40.9. The Balaban J connectivity index is 3.05. The molecule has 0 heterocycles. The lowest BCUT2D eigenvalue weighted by Gasteiger charge is -2.00. The fraction of sp³-hybridized carbons (Fsp3) is 0. The van der Waals surface area contributed by atoms with Gasteiger partial charge in [0, 0.05) is 196 Å². The molecule has 57 nitrogen and oxygen atoms in total. The lowest BCUT2D eigenvalue weighted by Crippen LogP contribution is -2.06. The molecule has 0 fully saturated rings. The van der Waals surface area contributed by atoms with E-state index >= 15 is 0 Å². The second-order valence-corrected chi connectivity index (χ2v) is 3.76. The van der Waals surface area contributed by atoms with Crippen molar-refractivity contribution in [1.82, 2.24) is 0 Å². The molecule has 0 aliphatic carbocycles. The lowest BCUT2D eigenvalue weighted by atomic mass is 14.0. The molecule has 0 rings (SSSR count). The number of hydrogen-bond acceptors (Lipinski definition) is 57. The summed E-state index contributed by atoms with van der Waals surface area (Å²) in [5, 5.41) is 205. The zero-order valence-electron chi connectivity index (χ0n) is 23.3. The van der Waals surface area contributed by atoms with Gasteiger partial charge >= 0.3 is 0 Å². The average Bonchev–Trinajstić information content (AvgIpc) is 3.22. The van der Waals surface area contributed by atoms with E-state index in [-0.39, 0.29) is 0 Å². The van der Waals surface area contributed by atoms with Gasteiger partial charge in [-0.1, -0.05) is 0 Å². The summed E-state index contributed by atoms with van der Waals surface area (Å²) in [5.74, 6) is 0. The van der Waals surface area contributed by atoms with Gasteiger partial charge in [0.15, 0.2) is 0 Å². The highest BCUT2D eigenvalue weighted by Gasteiger charge is 2.05. The summed E-state index contributed by atoms with van der Waals surface area (Å²) in [6.45, 7) is 0. The summed E-state index contributed by atoms with van der Waals surface area (Å²) in [6.07, 6.45) is 0. The molecule has 0 saturated heterocycles. The Labute approximate surface area is 289 Å². The number of hydrogen-bond donors (Lipinski definition) is 2. The summed E-state index contributed by atoms with van der Waals surface area (Å²) in [6, 6.07) is 0. The van der Waals surface area contributed by atoms with Crippen molar-refractivity contribution in [2.24, 2.45) is 0 Å². The Kier molecular flexibility index (Phi) is 51.6. The summed E-state index contributed by atoms with van der Waals surface area (Å²) in [7, 11) is 0. The van der Waals surface area contributed by atoms with Crippen LogP contribution in [0.3, 0.4) is 0 Å². The van der Waals surface area contributed by atoms with E-state index in [9.17, 15) is 0 Å². The minimum absolute atomic E-state index is 2.87. The highest BCUT2D eigenvalue weighted by Crippen LogP contribution is 1.98. The van der Waals surface area contributed by atoms with Crippen LogP contribution < -0.4 is 0 Å². The van der Waals surface area contributed by atoms with E-state index in [1.54, 1.807) is 0 Å². The first-order chi connectivity index (χ1) is 28.4. The molecule has 0 amide bonds. The molecule has 2 N–H and O–H groups in total. The Morgan fingerprint density at radius 1 is 0.0877 bits per heavy atom. The molecule has 0 unspecified atom stereocenters. The second-order valence-electron chi connectivity index (χ2n) is 3.76. The first kappa shape index (κ1) is 54.7. The summed E-state index contributed by atoms with van der Waals surface area (Å²) >= 11 is 0. The van der Waals surface area contributed by atoms with Gasteiger partial charge in [0.25, 0.3) is 0 Å². The minimum atomic E-state index is 2.87. The van der Waals surface area contributed by atoms with E-state index in [1.165, 1.54) is 0 Å². The Morgan fingerprint density at radius 2 is 0.140 bits per heavy atom. The quantitative estimate of drug-likeness (QED) is 0.0336. The highest BCUT2D eigenvalue weighted by atomic mass is 18.0. The van der Waals surface area contributed by atoms with Crippen LogP contribution in [0, 0.1) is 0 Å². The van der Waals surface area contributed by atoms with Gasteiger partial charge in [-0.15, -0.1) is 0 Å². The van der Waals surface area contributed by atoms with E-state index in [0.29, 0.717) is 0 Å². The van der Waals surface area contributed by atoms with Crippen LogP contribution in [-0.4, -0.2) is 10.5 Å². The first-order valence-corrected chi connectivity index (χ1v) is 9.37. The molecule has 0 atom stereocenters. The summed E-state index contributed by atoms with van der Waals surface area (Å²) < 4.78 is 0. The second kappa shape index (κ2) is 53.7. The maximum absolute atomic E-state index is 7.57. The van der Waals surface area contributed by atoms with Crippen LogP contribution in [0.2, 0.25) is 0 Å². The molecule has 57 heteroatoms. The van der Waals surface area contributed by atoms with Crippen LogP contribution in [0.25, 0.3) is 0 Å². The SMILES string of the molecule is OOOOOOOOOOOOOOOOOOOOOOOOOOOOOOOOOOOOOOOOOOOOOOOOOOOOOOOOO. The minimum Gasteiger partial charge on any atom is -0.219 e. The van der Waals surface area contributed by atoms with Crippen molar-refractivity contribution in [2.45, 2.75) is 0 Å². The predicted molar refractivity (Wildman–Crippen MR) is 64.9 cm³/mol. The fourth-order valence-corrected chi connectivity index (χ4v) is 0.603. The van der Waals surface area contributed by atoms with Crippen LogP contribution in [0.5, 0.6) is 0 Å². The van der Waals surface area contributed by atoms with Gasteiger partial charge in [-0.25, -0.2) is 10.5 Å². The molecule has 344 valence electrons. The van der Waals surface area contributed by atoms with Gasteiger partial charge in [0.05, 0.1) is 0 Å². The van der Waals surface area contributed by atoms with Gasteiger partial charge in [-0.3, -0.25) is 0 Å². The summed E-state index contributed by atoms with van der Waals surface area (Å²) in [4.78, 5) is 0. The maximum atomic E-state index is 7.57.